The molecule has 0 aliphatic rings. The number of nitrogens with one attached hydrogen (secondary N) is 5. The van der Waals surface area contributed by atoms with Gasteiger partial charge in [0.1, 0.15) is 28.5 Å². The summed E-state index contributed by atoms with van der Waals surface area (Å²) in [5.41, 5.74) is 16.3. The van der Waals surface area contributed by atoms with Crippen LogP contribution >= 0.6 is 22.6 Å². The van der Waals surface area contributed by atoms with Crippen molar-refractivity contribution < 1.29 is 57.9 Å². The van der Waals surface area contributed by atoms with Crippen molar-refractivity contribution in [3.8, 4) is 34.5 Å². The highest BCUT2D eigenvalue weighted by Gasteiger charge is 2.11. The minimum atomic E-state index is -0.464. The molecule has 0 aliphatic carbocycles. The summed E-state index contributed by atoms with van der Waals surface area (Å²) in [7, 11) is 3.05. The molecule has 24 heteroatoms. The highest BCUT2D eigenvalue weighted by atomic mass is 127. The molecule has 10 rings (SSSR count). The van der Waals surface area contributed by atoms with Gasteiger partial charge in [-0.25, -0.2) is 26.1 Å². The van der Waals surface area contributed by atoms with Gasteiger partial charge >= 0.3 is 6.01 Å². The van der Waals surface area contributed by atoms with E-state index in [2.05, 4.69) is 80.0 Å². The predicted octanol–water partition coefficient (Wildman–Crippen LogP) is 11.2. The molecule has 89 heavy (non-hydrogen) atoms. The van der Waals surface area contributed by atoms with E-state index in [1.165, 1.54) is 62.4 Å². The van der Waals surface area contributed by atoms with Gasteiger partial charge in [0.15, 0.2) is 28.6 Å². The summed E-state index contributed by atoms with van der Waals surface area (Å²) >= 11 is 2.15. The number of halogens is 2. The Hall–Kier alpha value is -11.8. The fourth-order valence-electron chi connectivity index (χ4n) is 7.31. The van der Waals surface area contributed by atoms with Crippen LogP contribution in [0, 0.1) is 16.3 Å². The maximum Gasteiger partial charge on any atom is 0.316 e. The van der Waals surface area contributed by atoms with Gasteiger partial charge < -0.3 is 39.6 Å². The third-order valence-corrected chi connectivity index (χ3v) is 12.7. The lowest BCUT2D eigenvalue weighted by Crippen LogP contribution is -2.18. The number of methoxy groups -OCH3 is 2. The van der Waals surface area contributed by atoms with Crippen molar-refractivity contribution in [2.45, 2.75) is 6.92 Å². The van der Waals surface area contributed by atoms with E-state index in [4.69, 9.17) is 13.9 Å². The lowest BCUT2D eigenvalue weighted by atomic mass is 10.1. The van der Waals surface area contributed by atoms with Gasteiger partial charge in [-0.2, -0.15) is 25.4 Å². The Kier molecular flexibility index (Phi) is 24.0. The summed E-state index contributed by atoms with van der Waals surface area (Å²) in [4.78, 5) is 55.9. The van der Waals surface area contributed by atoms with Crippen molar-refractivity contribution in [2.75, 3.05) is 25.0 Å². The fraction of sp³-hybridized carbons (Fsp3) is 0.0462. The number of ether oxygens (including phenoxy) is 2. The first-order chi connectivity index (χ1) is 43.1. The number of aromatic nitrogens is 2. The highest BCUT2D eigenvalue weighted by molar-refractivity contribution is 14.1. The number of aromatic hydroxyl groups is 4. The third kappa shape index (κ3) is 19.9. The molecule has 22 nitrogen and oxygen atoms in total. The monoisotopic (exact) mass is 1310 g/mol. The largest absolute Gasteiger partial charge is 0.507 e. The van der Waals surface area contributed by atoms with Crippen LogP contribution in [0.4, 0.5) is 16.1 Å². The van der Waals surface area contributed by atoms with Crippen molar-refractivity contribution in [3.05, 3.63) is 260 Å². The zero-order chi connectivity index (χ0) is 63.5. The van der Waals surface area contributed by atoms with E-state index in [9.17, 15) is 44.0 Å². The SMILES string of the molecule is COc1ccc(/C=N/NC(=O)c2cccc(F)c2)cc1I.COc1cccc(/C=N/NC(=O)c2ccc(NC(=O)c3ccc(C)cc3)cc2)c1O.O=C(N/N=C/c1cccc(O)c1O)c1ccccn1.Oc1ccccc1/C=N\Nc1nc2ccccc2o1. The van der Waals surface area contributed by atoms with Crippen LogP contribution in [0.25, 0.3) is 11.1 Å². The number of hydrogen-bond donors (Lipinski definition) is 9. The molecule has 8 aromatic carbocycles. The van der Waals surface area contributed by atoms with Crippen molar-refractivity contribution in [3.63, 3.8) is 0 Å². The van der Waals surface area contributed by atoms with Crippen molar-refractivity contribution in [1.82, 2.24) is 26.2 Å². The number of oxazole rings is 1. The molecule has 0 atom stereocenters. The number of hydrogen-bond acceptors (Lipinski definition) is 18. The van der Waals surface area contributed by atoms with Crippen LogP contribution in [-0.4, -0.2) is 93.1 Å². The molecule has 10 aromatic rings. The first-order valence-corrected chi connectivity index (χ1v) is 27.4. The normalized spacial score (nSPS) is 10.7. The number of rotatable bonds is 16. The van der Waals surface area contributed by atoms with Gasteiger partial charge in [-0.15, -0.1) is 0 Å². The topological polar surface area (TPSA) is 316 Å². The first kappa shape index (κ1) is 64.8. The van der Waals surface area contributed by atoms with E-state index in [0.29, 0.717) is 50.9 Å². The van der Waals surface area contributed by atoms with E-state index in [1.54, 1.807) is 110 Å². The van der Waals surface area contributed by atoms with E-state index in [1.807, 2.05) is 67.6 Å². The Bertz CT molecular complexity index is 4140. The number of benzene rings is 8. The van der Waals surface area contributed by atoms with E-state index in [0.717, 1.165) is 32.0 Å². The number of amides is 4. The van der Waals surface area contributed by atoms with Crippen LogP contribution in [0.1, 0.15) is 69.4 Å². The summed E-state index contributed by atoms with van der Waals surface area (Å²) in [6.45, 7) is 1.95. The summed E-state index contributed by atoms with van der Waals surface area (Å²) in [6.07, 6.45) is 7.07. The van der Waals surface area contributed by atoms with E-state index >= 15 is 0 Å². The standard InChI is InChI=1S/C23H21N3O4.C15H12FIN2O2.C14H11N3O2.C13H11N3O3/c1-15-6-8-16(9-7-15)22(28)25-19-12-10-17(11-13-19)23(29)26-24-14-18-4-3-5-20(30-2)21(18)27;1-21-14-6-5-10(7-13(14)17)9-18-19-15(20)11-3-2-4-12(16)8-11;18-12-7-3-1-5-10(12)9-15-17-14-16-11-6-2-4-8-13(11)19-14;17-11-6-3-4-9(12(11)18)8-15-16-13(19)10-5-1-2-7-14-10/h3-14,27H,1-2H3,(H,25,28)(H,26,29);2-9H,1H3,(H,19,20);1-9,18H,(H,16,17);1-8,17-18H,(H,16,19)/b24-14+;18-9+;15-9-;15-8+. The van der Waals surface area contributed by atoms with Gasteiger partial charge in [-0.3, -0.25) is 24.2 Å². The zero-order valence-electron chi connectivity index (χ0n) is 47.4. The van der Waals surface area contributed by atoms with Crippen molar-refractivity contribution >= 4 is 93.9 Å². The number of nitrogens with zero attached hydrogens (tertiary/aromatic N) is 6. The Morgan fingerprint density at radius 2 is 1.12 bits per heavy atom. The van der Waals surface area contributed by atoms with Crippen LogP contribution in [0.5, 0.6) is 34.5 Å². The van der Waals surface area contributed by atoms with Crippen LogP contribution < -0.4 is 36.5 Å². The zero-order valence-corrected chi connectivity index (χ0v) is 49.6. The second-order valence-electron chi connectivity index (χ2n) is 18.1. The van der Waals surface area contributed by atoms with Crippen LogP contribution in [0.15, 0.2) is 225 Å². The molecule has 0 radical (unpaired) electrons. The van der Waals surface area contributed by atoms with Gasteiger partial charge in [0, 0.05) is 45.3 Å². The minimum absolute atomic E-state index is 0.0633. The number of hydrazone groups is 4. The Morgan fingerprint density at radius 3 is 1.80 bits per heavy atom. The van der Waals surface area contributed by atoms with Crippen LogP contribution in [-0.2, 0) is 0 Å². The summed E-state index contributed by atoms with van der Waals surface area (Å²) in [5, 5.41) is 56.5. The molecule has 0 saturated heterocycles. The van der Waals surface area contributed by atoms with Crippen molar-refractivity contribution in [1.29, 1.82) is 0 Å². The molecule has 0 aliphatic heterocycles. The van der Waals surface area contributed by atoms with Gasteiger partial charge in [0.2, 0.25) is 0 Å². The van der Waals surface area contributed by atoms with E-state index in [-0.39, 0.29) is 40.2 Å². The highest BCUT2D eigenvalue weighted by Crippen LogP contribution is 2.29. The molecular formula is C65H55FIN11O11. The number of carbonyl (C=O) groups excluding carboxylic acids is 4. The lowest BCUT2D eigenvalue weighted by molar-refractivity contribution is 0.0943. The smallest absolute Gasteiger partial charge is 0.316 e. The average Bonchev–Trinajstić information content (AvgIpc) is 4.18. The summed E-state index contributed by atoms with van der Waals surface area (Å²) in [6, 6.07) is 53.6. The molecule has 0 saturated carbocycles. The van der Waals surface area contributed by atoms with Gasteiger partial charge in [-0.1, -0.05) is 66.2 Å². The molecule has 4 amide bonds. The molecule has 0 unspecified atom stereocenters. The molecule has 9 N–H and O–H groups in total. The number of phenolic OH excluding ortho intramolecular Hbond substituents is 4. The Balaban J connectivity index is 0.000000172. The fourth-order valence-corrected chi connectivity index (χ4v) is 8.07. The molecular weight excluding hydrogens is 1260 g/mol. The lowest BCUT2D eigenvalue weighted by Gasteiger charge is -2.07. The van der Waals surface area contributed by atoms with E-state index < -0.39 is 23.5 Å². The van der Waals surface area contributed by atoms with Gasteiger partial charge in [0.05, 0.1) is 42.6 Å². The summed E-state index contributed by atoms with van der Waals surface area (Å²) < 4.78 is 29.6. The van der Waals surface area contributed by atoms with Crippen LogP contribution in [0.3, 0.4) is 0 Å². The first-order valence-electron chi connectivity index (χ1n) is 26.4. The number of aryl methyl sites for hydroxylation is 1. The molecule has 0 fully saturated rings. The Labute approximate surface area is 522 Å². The third-order valence-electron chi connectivity index (χ3n) is 11.9. The average molecular weight is 1310 g/mol. The quantitative estimate of drug-likeness (QED) is 0.0188. The molecule has 2 heterocycles. The van der Waals surface area contributed by atoms with Crippen molar-refractivity contribution in [2.24, 2.45) is 20.4 Å². The Morgan fingerprint density at radius 1 is 0.539 bits per heavy atom. The minimum Gasteiger partial charge on any atom is -0.507 e. The van der Waals surface area contributed by atoms with Gasteiger partial charge in [0.25, 0.3) is 23.6 Å². The second kappa shape index (κ2) is 33.0. The summed E-state index contributed by atoms with van der Waals surface area (Å²) in [5.74, 6) is -1.39. The predicted molar refractivity (Wildman–Crippen MR) is 345 cm³/mol. The molecule has 0 bridgehead atoms. The second-order valence-corrected chi connectivity index (χ2v) is 19.3. The number of fused-ring (bicyclic) bond motifs is 1. The number of carbonyl (C=O) groups is 4. The molecule has 450 valence electrons. The number of pyridine rings is 1. The number of anilines is 2. The maximum atomic E-state index is 13.0. The number of phenols is 4. The molecule has 2 aromatic heterocycles. The van der Waals surface area contributed by atoms with Crippen LogP contribution in [0.2, 0.25) is 0 Å². The number of para-hydroxylation sites is 5. The van der Waals surface area contributed by atoms with Gasteiger partial charge in [-0.05, 0) is 169 Å². The maximum absolute atomic E-state index is 13.0. The molecule has 0 spiro atoms.